The highest BCUT2D eigenvalue weighted by atomic mass is 32.2. The van der Waals surface area contributed by atoms with Crippen LogP contribution in [-0.4, -0.2) is 19.3 Å². The first-order valence-corrected chi connectivity index (χ1v) is 14.2. The van der Waals surface area contributed by atoms with Gasteiger partial charge in [-0.1, -0.05) is 110 Å². The van der Waals surface area contributed by atoms with Gasteiger partial charge < -0.3 is 0 Å². The second kappa shape index (κ2) is 9.61. The molecule has 0 aliphatic heterocycles. The number of hydrogen-bond acceptors (Lipinski definition) is 1. The summed E-state index contributed by atoms with van der Waals surface area (Å²) >= 11 is 0. The highest BCUT2D eigenvalue weighted by Gasteiger charge is 2.38. The zero-order chi connectivity index (χ0) is 24.6. The molecule has 33 heavy (non-hydrogen) atoms. The lowest BCUT2D eigenvalue weighted by Crippen LogP contribution is -2.39. The van der Waals surface area contributed by atoms with Gasteiger partial charge in [-0.05, 0) is 64.4 Å². The lowest BCUT2D eigenvalue weighted by Gasteiger charge is -2.43. The van der Waals surface area contributed by atoms with Gasteiger partial charge >= 0.3 is 0 Å². The van der Waals surface area contributed by atoms with E-state index in [4.69, 9.17) is 0 Å². The van der Waals surface area contributed by atoms with E-state index in [1.807, 2.05) is 20.8 Å². The van der Waals surface area contributed by atoms with E-state index in [0.717, 1.165) is 5.56 Å². The summed E-state index contributed by atoms with van der Waals surface area (Å²) in [5.41, 5.74) is 2.39. The third-order valence-electron chi connectivity index (χ3n) is 5.72. The molecule has 4 heteroatoms. The van der Waals surface area contributed by atoms with Crippen LogP contribution in [0.5, 0.6) is 0 Å². The first kappa shape index (κ1) is 26.1. The van der Waals surface area contributed by atoms with Gasteiger partial charge in [-0.25, -0.2) is 8.93 Å². The first-order valence-electron chi connectivity index (χ1n) is 11.8. The monoisotopic (exact) mass is 481 g/mol. The quantitative estimate of drug-likeness (QED) is 0.372. The molecule has 2 atom stereocenters. The average Bonchev–Trinajstić information content (AvgIpc) is 2.69. The van der Waals surface area contributed by atoms with Gasteiger partial charge in [0.2, 0.25) is 0 Å². The van der Waals surface area contributed by atoms with E-state index in [-0.39, 0.29) is 21.1 Å². The summed E-state index contributed by atoms with van der Waals surface area (Å²) in [6.45, 7) is 20.2. The van der Waals surface area contributed by atoms with Crippen LogP contribution < -0.4 is 10.0 Å². The van der Waals surface area contributed by atoms with Crippen LogP contribution in [-0.2, 0) is 11.0 Å². The van der Waals surface area contributed by atoms with Crippen molar-refractivity contribution in [1.82, 2.24) is 4.72 Å². The standard InChI is InChI=1S/C29H40NOPS/c1-27(2,3)32(28(4,5)6)25-17-13-12-16-24(25)26(30-33(31)29(7,8)9)23-19-18-21-14-10-11-15-22(21)20-23/h10-20,26,30H,1-9H3/t26-,33-/m1/s1. The van der Waals surface area contributed by atoms with E-state index in [0.29, 0.717) is 0 Å². The van der Waals surface area contributed by atoms with Crippen molar-refractivity contribution in [2.24, 2.45) is 0 Å². The molecule has 0 aliphatic carbocycles. The van der Waals surface area contributed by atoms with Crippen molar-refractivity contribution in [3.63, 3.8) is 0 Å². The largest absolute Gasteiger partial charge is 0.242 e. The third-order valence-corrected chi connectivity index (χ3v) is 10.9. The molecule has 3 rings (SSSR count). The number of rotatable bonds is 5. The summed E-state index contributed by atoms with van der Waals surface area (Å²) < 4.78 is 16.5. The summed E-state index contributed by atoms with van der Waals surface area (Å²) in [7, 11) is -1.72. The Morgan fingerprint density at radius 2 is 1.27 bits per heavy atom. The number of benzene rings is 3. The fraction of sp³-hybridized carbons (Fsp3) is 0.448. The van der Waals surface area contributed by atoms with Crippen LogP contribution >= 0.6 is 7.92 Å². The topological polar surface area (TPSA) is 29.1 Å². The van der Waals surface area contributed by atoms with Gasteiger partial charge in [-0.2, -0.15) is 0 Å². The Labute approximate surface area is 204 Å². The van der Waals surface area contributed by atoms with Crippen molar-refractivity contribution in [2.45, 2.75) is 83.4 Å². The number of hydrogen-bond donors (Lipinski definition) is 1. The van der Waals surface area contributed by atoms with Crippen molar-refractivity contribution in [3.05, 3.63) is 77.9 Å². The zero-order valence-corrected chi connectivity index (χ0v) is 23.4. The fourth-order valence-electron chi connectivity index (χ4n) is 4.65. The molecule has 1 N–H and O–H groups in total. The van der Waals surface area contributed by atoms with Crippen LogP contribution in [0.1, 0.15) is 79.5 Å². The highest BCUT2D eigenvalue weighted by molar-refractivity contribution is 7.84. The predicted molar refractivity (Wildman–Crippen MR) is 149 cm³/mol. The van der Waals surface area contributed by atoms with E-state index < -0.39 is 18.9 Å². The van der Waals surface area contributed by atoms with Gasteiger partial charge in [0, 0.05) is 0 Å². The van der Waals surface area contributed by atoms with E-state index in [1.54, 1.807) is 0 Å². The Kier molecular flexibility index (Phi) is 7.59. The van der Waals surface area contributed by atoms with E-state index >= 15 is 0 Å². The maximum absolute atomic E-state index is 13.4. The maximum Gasteiger partial charge on any atom is 0.0979 e. The fourth-order valence-corrected chi connectivity index (χ4v) is 9.63. The van der Waals surface area contributed by atoms with Crippen LogP contribution in [0, 0.1) is 0 Å². The lowest BCUT2D eigenvalue weighted by atomic mass is 9.97. The average molecular weight is 482 g/mol. The molecule has 3 aromatic rings. The molecule has 0 aliphatic rings. The van der Waals surface area contributed by atoms with Crippen molar-refractivity contribution < 1.29 is 4.21 Å². The highest BCUT2D eigenvalue weighted by Crippen LogP contribution is 2.59. The molecule has 0 saturated carbocycles. The second-order valence-corrected chi connectivity index (χ2v) is 17.6. The van der Waals surface area contributed by atoms with E-state index in [2.05, 4.69) is 113 Å². The molecule has 0 unspecified atom stereocenters. The number of fused-ring (bicyclic) bond motifs is 1. The van der Waals surface area contributed by atoms with Crippen LogP contribution in [0.25, 0.3) is 10.8 Å². The summed E-state index contributed by atoms with van der Waals surface area (Å²) in [5, 5.41) is 4.09. The van der Waals surface area contributed by atoms with E-state index in [9.17, 15) is 4.21 Å². The lowest BCUT2D eigenvalue weighted by molar-refractivity contribution is 0.624. The van der Waals surface area contributed by atoms with Crippen LogP contribution in [0.2, 0.25) is 0 Å². The van der Waals surface area contributed by atoms with Crippen LogP contribution in [0.4, 0.5) is 0 Å². The van der Waals surface area contributed by atoms with Crippen molar-refractivity contribution >= 4 is 35.0 Å². The molecular weight excluding hydrogens is 441 g/mol. The summed E-state index contributed by atoms with van der Waals surface area (Å²) in [6.07, 6.45) is 0. The Morgan fingerprint density at radius 3 is 1.85 bits per heavy atom. The van der Waals surface area contributed by atoms with E-state index in [1.165, 1.54) is 21.6 Å². The molecule has 0 fully saturated rings. The maximum atomic E-state index is 13.4. The molecule has 3 aromatic carbocycles. The van der Waals surface area contributed by atoms with Crippen LogP contribution in [0.15, 0.2) is 66.7 Å². The summed E-state index contributed by atoms with van der Waals surface area (Å²) in [4.78, 5) is 0. The Hall–Kier alpha value is -1.54. The molecule has 0 aromatic heterocycles. The molecule has 0 amide bonds. The summed E-state index contributed by atoms with van der Waals surface area (Å²) in [6, 6.07) is 23.7. The zero-order valence-electron chi connectivity index (χ0n) is 21.7. The minimum Gasteiger partial charge on any atom is -0.242 e. The van der Waals surface area contributed by atoms with Crippen molar-refractivity contribution in [3.8, 4) is 0 Å². The SMILES string of the molecule is CC(C)(C)P(c1ccccc1[C@H](N[S@](=O)C(C)(C)C)c1ccc2ccccc2c1)C(C)(C)C. The summed E-state index contributed by atoms with van der Waals surface area (Å²) in [5.74, 6) is 0. The molecule has 178 valence electrons. The van der Waals surface area contributed by atoms with Crippen molar-refractivity contribution in [1.29, 1.82) is 0 Å². The smallest absolute Gasteiger partial charge is 0.0979 e. The Morgan fingerprint density at radius 1 is 0.727 bits per heavy atom. The van der Waals surface area contributed by atoms with Crippen LogP contribution in [0.3, 0.4) is 0 Å². The molecular formula is C29H40NOPS. The molecule has 0 saturated heterocycles. The molecule has 0 bridgehead atoms. The van der Waals surface area contributed by atoms with Gasteiger partial charge in [0.1, 0.15) is 0 Å². The minimum atomic E-state index is -1.21. The molecule has 2 nitrogen and oxygen atoms in total. The van der Waals surface area contributed by atoms with Gasteiger partial charge in [0.05, 0.1) is 21.8 Å². The van der Waals surface area contributed by atoms with Crippen molar-refractivity contribution in [2.75, 3.05) is 0 Å². The molecule has 0 spiro atoms. The first-order chi connectivity index (χ1) is 15.2. The second-order valence-electron chi connectivity index (χ2n) is 11.8. The van der Waals surface area contributed by atoms with Gasteiger partial charge in [-0.15, -0.1) is 0 Å². The van der Waals surface area contributed by atoms with Gasteiger partial charge in [0.15, 0.2) is 0 Å². The Balaban J connectivity index is 2.24. The minimum absolute atomic E-state index is 0.140. The third kappa shape index (κ3) is 6.13. The molecule has 0 radical (unpaired) electrons. The number of nitrogens with one attached hydrogen (secondary N) is 1. The normalized spacial score (nSPS) is 15.1. The Bertz CT molecular complexity index is 1120. The predicted octanol–water partition coefficient (Wildman–Crippen LogP) is 7.69. The molecule has 0 heterocycles. The van der Waals surface area contributed by atoms with Gasteiger partial charge in [-0.3, -0.25) is 0 Å². The van der Waals surface area contributed by atoms with Gasteiger partial charge in [0.25, 0.3) is 0 Å².